The van der Waals surface area contributed by atoms with Crippen LogP contribution in [0.25, 0.3) is 21.5 Å². The summed E-state index contributed by atoms with van der Waals surface area (Å²) in [6.07, 6.45) is 5.82. The van der Waals surface area contributed by atoms with Crippen LogP contribution >= 0.6 is 11.3 Å². The summed E-state index contributed by atoms with van der Waals surface area (Å²) in [5.74, 6) is -1.21. The van der Waals surface area contributed by atoms with Crippen LogP contribution in [-0.4, -0.2) is 39.4 Å². The number of fused-ring (bicyclic) bond motifs is 3. The Bertz CT molecular complexity index is 1580. The van der Waals surface area contributed by atoms with Crippen molar-refractivity contribution in [3.8, 4) is 11.3 Å². The number of aromatic nitrogens is 2. The highest BCUT2D eigenvalue weighted by Crippen LogP contribution is 2.46. The van der Waals surface area contributed by atoms with E-state index >= 15 is 0 Å². The van der Waals surface area contributed by atoms with Crippen molar-refractivity contribution in [2.45, 2.75) is 76.2 Å². The predicted octanol–water partition coefficient (Wildman–Crippen LogP) is 6.83. The fourth-order valence-electron chi connectivity index (χ4n) is 6.22. The first-order valence-electron chi connectivity index (χ1n) is 13.3. The Morgan fingerprint density at radius 2 is 1.92 bits per heavy atom. The Hall–Kier alpha value is -3.37. The largest absolute Gasteiger partial charge is 0.478 e. The molecule has 39 heavy (non-hydrogen) atoms. The van der Waals surface area contributed by atoms with Gasteiger partial charge in [-0.3, -0.25) is 0 Å². The number of halogens is 2. The number of piperidine rings is 1. The van der Waals surface area contributed by atoms with Crippen LogP contribution in [0.1, 0.15) is 71.7 Å². The molecule has 2 aromatic carbocycles. The SMILES string of the molecule is Cc1cc(C(=O)O)cc2sc(N3[C@@H]4CC[C@H]3CC(OCc3c(-c5ccc(F)cc5F)noc3C3CC3)C4)nc12. The number of thiazole rings is 1. The first kappa shape index (κ1) is 24.7. The van der Waals surface area contributed by atoms with Crippen LogP contribution in [0.3, 0.4) is 0 Å². The van der Waals surface area contributed by atoms with Gasteiger partial charge in [0.15, 0.2) is 5.13 Å². The minimum atomic E-state index is -0.934. The molecule has 1 N–H and O–H groups in total. The maximum atomic E-state index is 14.6. The Morgan fingerprint density at radius 3 is 2.62 bits per heavy atom. The van der Waals surface area contributed by atoms with E-state index in [0.717, 1.165) is 76.8 Å². The summed E-state index contributed by atoms with van der Waals surface area (Å²) in [4.78, 5) is 18.8. The van der Waals surface area contributed by atoms with E-state index in [-0.39, 0.29) is 41.8 Å². The van der Waals surface area contributed by atoms with E-state index < -0.39 is 17.6 Å². The quantitative estimate of drug-likeness (QED) is 0.269. The highest BCUT2D eigenvalue weighted by atomic mass is 32.1. The Morgan fingerprint density at radius 1 is 1.15 bits per heavy atom. The number of rotatable bonds is 7. The number of nitrogens with zero attached hydrogens (tertiary/aromatic N) is 3. The lowest BCUT2D eigenvalue weighted by Crippen LogP contribution is -2.45. The number of ether oxygens (including phenoxy) is 1. The van der Waals surface area contributed by atoms with Gasteiger partial charge in [-0.1, -0.05) is 16.5 Å². The molecule has 4 heterocycles. The zero-order valence-electron chi connectivity index (χ0n) is 21.3. The minimum Gasteiger partial charge on any atom is -0.478 e. The second-order valence-corrected chi connectivity index (χ2v) is 11.9. The van der Waals surface area contributed by atoms with Crippen LogP contribution in [-0.2, 0) is 11.3 Å². The summed E-state index contributed by atoms with van der Waals surface area (Å²) in [7, 11) is 0. The minimum absolute atomic E-state index is 0.0290. The van der Waals surface area contributed by atoms with Crippen LogP contribution in [0.2, 0.25) is 0 Å². The maximum absolute atomic E-state index is 14.6. The molecule has 2 aliphatic heterocycles. The number of carboxylic acid groups (broad SMARTS) is 1. The van der Waals surface area contributed by atoms with E-state index in [1.54, 1.807) is 23.5 Å². The van der Waals surface area contributed by atoms with Crippen molar-refractivity contribution in [3.63, 3.8) is 0 Å². The molecule has 2 aromatic heterocycles. The molecular formula is C29H27F2N3O4S. The van der Waals surface area contributed by atoms with Crippen molar-refractivity contribution in [1.29, 1.82) is 0 Å². The Kier molecular flexibility index (Phi) is 5.93. The van der Waals surface area contributed by atoms with E-state index in [9.17, 15) is 18.7 Å². The summed E-state index contributed by atoms with van der Waals surface area (Å²) in [6, 6.07) is 7.46. The van der Waals surface area contributed by atoms with Crippen molar-refractivity contribution in [2.24, 2.45) is 0 Å². The molecule has 1 unspecified atom stereocenters. The molecule has 7 nitrogen and oxygen atoms in total. The summed E-state index contributed by atoms with van der Waals surface area (Å²) >= 11 is 1.55. The zero-order chi connectivity index (χ0) is 26.8. The average molecular weight is 552 g/mol. The zero-order valence-corrected chi connectivity index (χ0v) is 22.1. The first-order chi connectivity index (χ1) is 18.9. The molecule has 3 fully saturated rings. The monoisotopic (exact) mass is 551 g/mol. The average Bonchev–Trinajstić information content (AvgIpc) is 3.41. The predicted molar refractivity (Wildman–Crippen MR) is 142 cm³/mol. The topological polar surface area (TPSA) is 88.7 Å². The molecule has 10 heteroatoms. The second kappa shape index (κ2) is 9.38. The fraction of sp³-hybridized carbons (Fsp3) is 0.414. The highest BCUT2D eigenvalue weighted by molar-refractivity contribution is 7.22. The third-order valence-electron chi connectivity index (χ3n) is 8.25. The molecule has 0 spiro atoms. The first-order valence-corrected chi connectivity index (χ1v) is 14.2. The van der Waals surface area contributed by atoms with Gasteiger partial charge in [0.25, 0.3) is 0 Å². The van der Waals surface area contributed by atoms with Gasteiger partial charge < -0.3 is 19.3 Å². The molecule has 7 rings (SSSR count). The smallest absolute Gasteiger partial charge is 0.335 e. The number of aryl methyl sites for hydroxylation is 1. The van der Waals surface area contributed by atoms with Gasteiger partial charge in [-0.15, -0.1) is 0 Å². The van der Waals surface area contributed by atoms with E-state index in [2.05, 4.69) is 10.1 Å². The third-order valence-corrected chi connectivity index (χ3v) is 9.26. The van der Waals surface area contributed by atoms with Crippen LogP contribution in [0, 0.1) is 18.6 Å². The van der Waals surface area contributed by atoms with Crippen molar-refractivity contribution in [3.05, 3.63) is 64.4 Å². The Labute approximate surface area is 227 Å². The van der Waals surface area contributed by atoms with Crippen LogP contribution in [0.4, 0.5) is 13.9 Å². The molecule has 202 valence electrons. The van der Waals surface area contributed by atoms with Crippen molar-refractivity contribution in [1.82, 2.24) is 10.1 Å². The maximum Gasteiger partial charge on any atom is 0.335 e. The Balaban J connectivity index is 1.10. The molecule has 4 aromatic rings. The van der Waals surface area contributed by atoms with E-state index in [4.69, 9.17) is 14.2 Å². The number of hydrogen-bond acceptors (Lipinski definition) is 7. The molecule has 0 amide bonds. The number of benzene rings is 2. The van der Waals surface area contributed by atoms with Gasteiger partial charge in [-0.05, 0) is 75.3 Å². The summed E-state index contributed by atoms with van der Waals surface area (Å²) in [6.45, 7) is 2.17. The lowest BCUT2D eigenvalue weighted by atomic mass is 10.00. The van der Waals surface area contributed by atoms with Crippen LogP contribution < -0.4 is 4.90 Å². The van der Waals surface area contributed by atoms with Gasteiger partial charge in [0.1, 0.15) is 23.1 Å². The summed E-state index contributed by atoms with van der Waals surface area (Å²) in [5.41, 5.74) is 3.38. The van der Waals surface area contributed by atoms with E-state index in [1.165, 1.54) is 12.1 Å². The molecule has 2 bridgehead atoms. The number of aromatic carboxylic acids is 1. The summed E-state index contributed by atoms with van der Waals surface area (Å²) in [5, 5.41) is 14.5. The van der Waals surface area contributed by atoms with E-state index in [1.807, 2.05) is 6.92 Å². The van der Waals surface area contributed by atoms with E-state index in [0.29, 0.717) is 5.69 Å². The molecular weight excluding hydrogens is 524 g/mol. The van der Waals surface area contributed by atoms with Gasteiger partial charge in [0, 0.05) is 35.2 Å². The fourth-order valence-corrected chi connectivity index (χ4v) is 7.44. The standard InChI is InChI=1S/C29H27F2N3O4S/c1-14-8-16(28(35)36)9-24-25(14)32-29(39-24)34-18-5-6-19(34)12-20(11-18)37-13-22-26(33-38-27(22)15-2-3-15)21-7-4-17(30)10-23(21)31/h4,7-10,15,18-20H,2-3,5-6,11-13H2,1H3,(H,35,36)/t18-,19+,20?. The van der Waals surface area contributed by atoms with Crippen molar-refractivity contribution in [2.75, 3.05) is 4.90 Å². The van der Waals surface area contributed by atoms with Crippen LogP contribution in [0.5, 0.6) is 0 Å². The highest BCUT2D eigenvalue weighted by Gasteiger charge is 2.43. The molecule has 3 aliphatic rings. The molecule has 1 saturated carbocycles. The molecule has 1 aliphatic carbocycles. The number of carbonyl (C=O) groups is 1. The summed E-state index contributed by atoms with van der Waals surface area (Å²) < 4.78 is 41.1. The molecule has 2 saturated heterocycles. The molecule has 0 radical (unpaired) electrons. The van der Waals surface area contributed by atoms with Gasteiger partial charge in [0.05, 0.1) is 28.5 Å². The normalized spacial score (nSPS) is 22.6. The van der Waals surface area contributed by atoms with Gasteiger partial charge in [0.2, 0.25) is 0 Å². The van der Waals surface area contributed by atoms with Gasteiger partial charge in [-0.25, -0.2) is 18.6 Å². The van der Waals surface area contributed by atoms with Gasteiger partial charge in [-0.2, -0.15) is 0 Å². The second-order valence-electron chi connectivity index (χ2n) is 10.9. The molecule has 3 atom stereocenters. The lowest BCUT2D eigenvalue weighted by Gasteiger charge is -2.38. The van der Waals surface area contributed by atoms with Crippen molar-refractivity contribution < 1.29 is 27.9 Å². The third kappa shape index (κ3) is 4.39. The number of anilines is 1. The number of hydrogen-bond donors (Lipinski definition) is 1. The lowest BCUT2D eigenvalue weighted by molar-refractivity contribution is 0.0147. The van der Waals surface area contributed by atoms with Crippen molar-refractivity contribution >= 4 is 32.7 Å². The van der Waals surface area contributed by atoms with Crippen LogP contribution in [0.15, 0.2) is 34.9 Å². The number of carboxylic acids is 1. The van der Waals surface area contributed by atoms with Gasteiger partial charge >= 0.3 is 5.97 Å².